The van der Waals surface area contributed by atoms with Crippen molar-refractivity contribution >= 4 is 5.97 Å². The van der Waals surface area contributed by atoms with Crippen LogP contribution in [0.3, 0.4) is 0 Å². The molecule has 0 heterocycles. The molecular weight excluding hydrogens is 192 g/mol. The summed E-state index contributed by atoms with van der Waals surface area (Å²) < 4.78 is 4.51. The van der Waals surface area contributed by atoms with Crippen LogP contribution < -0.4 is 5.73 Å². The van der Waals surface area contributed by atoms with Gasteiger partial charge in [0.2, 0.25) is 0 Å². The van der Waals surface area contributed by atoms with Crippen molar-refractivity contribution in [2.75, 3.05) is 7.11 Å². The first-order valence-corrected chi connectivity index (χ1v) is 4.50. The zero-order chi connectivity index (χ0) is 11.3. The smallest absolute Gasteiger partial charge is 0.307 e. The highest BCUT2D eigenvalue weighted by atomic mass is 16.5. The van der Waals surface area contributed by atoms with Gasteiger partial charge < -0.3 is 10.5 Å². The minimum atomic E-state index is -0.425. The summed E-state index contributed by atoms with van der Waals surface area (Å²) in [6.07, 6.45) is 0.116. The summed E-state index contributed by atoms with van der Waals surface area (Å²) in [5.41, 5.74) is 7.08. The second-order valence-electron chi connectivity index (χ2n) is 3.12. The molecule has 1 atom stereocenters. The van der Waals surface area contributed by atoms with E-state index in [9.17, 15) is 4.79 Å². The molecule has 78 valence electrons. The summed E-state index contributed by atoms with van der Waals surface area (Å²) >= 11 is 0. The van der Waals surface area contributed by atoms with E-state index in [4.69, 9.17) is 11.0 Å². The minimum Gasteiger partial charge on any atom is -0.469 e. The van der Waals surface area contributed by atoms with E-state index in [2.05, 4.69) is 4.74 Å². The van der Waals surface area contributed by atoms with Crippen molar-refractivity contribution in [1.29, 1.82) is 5.26 Å². The average molecular weight is 204 g/mol. The maximum absolute atomic E-state index is 11.0. The molecule has 15 heavy (non-hydrogen) atoms. The average Bonchev–Trinajstić information content (AvgIpc) is 2.28. The lowest BCUT2D eigenvalue weighted by molar-refractivity contribution is -0.141. The maximum atomic E-state index is 11.0. The molecule has 0 unspecified atom stereocenters. The SMILES string of the molecule is COC(=O)C[C@@H](N)c1cccc(C#N)c1. The number of rotatable bonds is 3. The molecule has 4 nitrogen and oxygen atoms in total. The van der Waals surface area contributed by atoms with Crippen LogP contribution >= 0.6 is 0 Å². The molecule has 4 heteroatoms. The summed E-state index contributed by atoms with van der Waals surface area (Å²) in [5.74, 6) is -0.357. The van der Waals surface area contributed by atoms with Crippen molar-refractivity contribution < 1.29 is 9.53 Å². The molecule has 0 radical (unpaired) electrons. The van der Waals surface area contributed by atoms with Crippen LogP contribution in [0.25, 0.3) is 0 Å². The lowest BCUT2D eigenvalue weighted by atomic mass is 10.0. The number of carbonyl (C=O) groups is 1. The number of nitrogens with zero attached hydrogens (tertiary/aromatic N) is 1. The Morgan fingerprint density at radius 1 is 1.67 bits per heavy atom. The molecule has 0 aromatic heterocycles. The number of hydrogen-bond acceptors (Lipinski definition) is 4. The van der Waals surface area contributed by atoms with Crippen LogP contribution in [0.15, 0.2) is 24.3 Å². The van der Waals surface area contributed by atoms with Crippen molar-refractivity contribution in [2.45, 2.75) is 12.5 Å². The Balaban J connectivity index is 2.78. The summed E-state index contributed by atoms with van der Waals surface area (Å²) in [7, 11) is 1.32. The molecule has 0 saturated heterocycles. The van der Waals surface area contributed by atoms with Crippen molar-refractivity contribution in [2.24, 2.45) is 5.73 Å². The molecule has 0 spiro atoms. The van der Waals surface area contributed by atoms with Gasteiger partial charge in [-0.15, -0.1) is 0 Å². The van der Waals surface area contributed by atoms with Crippen molar-refractivity contribution in [1.82, 2.24) is 0 Å². The molecule has 0 aliphatic rings. The quantitative estimate of drug-likeness (QED) is 0.748. The third-order valence-corrected chi connectivity index (χ3v) is 2.06. The van der Waals surface area contributed by atoms with Gasteiger partial charge in [-0.05, 0) is 17.7 Å². The highest BCUT2D eigenvalue weighted by Gasteiger charge is 2.11. The van der Waals surface area contributed by atoms with Crippen molar-refractivity contribution in [3.05, 3.63) is 35.4 Å². The normalized spacial score (nSPS) is 11.5. The van der Waals surface area contributed by atoms with Crippen LogP contribution in [-0.4, -0.2) is 13.1 Å². The van der Waals surface area contributed by atoms with Crippen LogP contribution in [0.5, 0.6) is 0 Å². The van der Waals surface area contributed by atoms with Gasteiger partial charge in [-0.25, -0.2) is 0 Å². The van der Waals surface area contributed by atoms with Gasteiger partial charge in [0.05, 0.1) is 25.2 Å². The highest BCUT2D eigenvalue weighted by molar-refractivity contribution is 5.70. The van der Waals surface area contributed by atoms with E-state index in [1.807, 2.05) is 6.07 Å². The standard InChI is InChI=1S/C11H12N2O2/c1-15-11(14)6-10(13)9-4-2-3-8(5-9)7-12/h2-5,10H,6,13H2,1H3/t10-/m1/s1. The zero-order valence-electron chi connectivity index (χ0n) is 8.43. The van der Waals surface area contributed by atoms with Crippen LogP contribution in [0, 0.1) is 11.3 Å². The molecule has 0 aliphatic carbocycles. The zero-order valence-corrected chi connectivity index (χ0v) is 8.43. The Labute approximate surface area is 88.3 Å². The van der Waals surface area contributed by atoms with E-state index in [1.54, 1.807) is 24.3 Å². The Kier molecular flexibility index (Phi) is 3.83. The van der Waals surface area contributed by atoms with E-state index in [-0.39, 0.29) is 12.4 Å². The number of ether oxygens (including phenoxy) is 1. The fraction of sp³-hybridized carbons (Fsp3) is 0.273. The number of benzene rings is 1. The molecule has 0 fully saturated rings. The van der Waals surface area contributed by atoms with Crippen LogP contribution in [-0.2, 0) is 9.53 Å². The van der Waals surface area contributed by atoms with E-state index >= 15 is 0 Å². The lowest BCUT2D eigenvalue weighted by Crippen LogP contribution is -2.16. The number of hydrogen-bond donors (Lipinski definition) is 1. The molecule has 1 aromatic rings. The molecule has 0 amide bonds. The monoisotopic (exact) mass is 204 g/mol. The number of carbonyl (C=O) groups excluding carboxylic acids is 1. The van der Waals surface area contributed by atoms with Crippen molar-refractivity contribution in [3.8, 4) is 6.07 Å². The molecule has 1 rings (SSSR count). The number of esters is 1. The number of nitriles is 1. The molecule has 2 N–H and O–H groups in total. The Bertz CT molecular complexity index is 396. The maximum Gasteiger partial charge on any atom is 0.307 e. The largest absolute Gasteiger partial charge is 0.469 e. The van der Waals surface area contributed by atoms with Gasteiger partial charge in [0.25, 0.3) is 0 Å². The van der Waals surface area contributed by atoms with Gasteiger partial charge in [0.15, 0.2) is 0 Å². The Morgan fingerprint density at radius 3 is 3.00 bits per heavy atom. The second kappa shape index (κ2) is 5.13. The first-order chi connectivity index (χ1) is 7.17. The van der Waals surface area contributed by atoms with Gasteiger partial charge >= 0.3 is 5.97 Å². The first kappa shape index (κ1) is 11.2. The van der Waals surface area contributed by atoms with Crippen LogP contribution in [0.2, 0.25) is 0 Å². The predicted molar refractivity (Wildman–Crippen MR) is 54.7 cm³/mol. The van der Waals surface area contributed by atoms with Gasteiger partial charge in [0.1, 0.15) is 0 Å². The molecule has 0 bridgehead atoms. The van der Waals surface area contributed by atoms with Crippen molar-refractivity contribution in [3.63, 3.8) is 0 Å². The highest BCUT2D eigenvalue weighted by Crippen LogP contribution is 2.15. The van der Waals surface area contributed by atoms with E-state index in [1.165, 1.54) is 7.11 Å². The Morgan fingerprint density at radius 2 is 2.40 bits per heavy atom. The van der Waals surface area contributed by atoms with E-state index < -0.39 is 6.04 Å². The van der Waals surface area contributed by atoms with Crippen LogP contribution in [0.1, 0.15) is 23.6 Å². The first-order valence-electron chi connectivity index (χ1n) is 4.50. The van der Waals surface area contributed by atoms with Crippen LogP contribution in [0.4, 0.5) is 0 Å². The molecular formula is C11H12N2O2. The second-order valence-corrected chi connectivity index (χ2v) is 3.12. The number of methoxy groups -OCH3 is 1. The summed E-state index contributed by atoms with van der Waals surface area (Å²) in [6.45, 7) is 0. The molecule has 0 saturated carbocycles. The third-order valence-electron chi connectivity index (χ3n) is 2.06. The van der Waals surface area contributed by atoms with E-state index in [0.717, 1.165) is 5.56 Å². The lowest BCUT2D eigenvalue weighted by Gasteiger charge is -2.10. The predicted octanol–water partition coefficient (Wildman–Crippen LogP) is 1.12. The van der Waals surface area contributed by atoms with Gasteiger partial charge in [-0.3, -0.25) is 4.79 Å². The topological polar surface area (TPSA) is 76.1 Å². The fourth-order valence-electron chi connectivity index (χ4n) is 1.22. The molecule has 1 aromatic carbocycles. The van der Waals surface area contributed by atoms with Gasteiger partial charge in [-0.2, -0.15) is 5.26 Å². The minimum absolute atomic E-state index is 0.116. The fourth-order valence-corrected chi connectivity index (χ4v) is 1.22. The summed E-state index contributed by atoms with van der Waals surface area (Å²) in [4.78, 5) is 11.0. The van der Waals surface area contributed by atoms with Gasteiger partial charge in [0, 0.05) is 6.04 Å². The summed E-state index contributed by atoms with van der Waals surface area (Å²) in [5, 5.41) is 8.69. The van der Waals surface area contributed by atoms with Gasteiger partial charge in [-0.1, -0.05) is 12.1 Å². The Hall–Kier alpha value is -1.86. The summed E-state index contributed by atoms with van der Waals surface area (Å²) in [6, 6.07) is 8.48. The number of nitrogens with two attached hydrogens (primary N) is 1. The third kappa shape index (κ3) is 3.08. The van der Waals surface area contributed by atoms with E-state index in [0.29, 0.717) is 5.56 Å². The molecule has 0 aliphatic heterocycles.